The van der Waals surface area contributed by atoms with Crippen molar-refractivity contribution in [1.29, 1.82) is 0 Å². The minimum Gasteiger partial charge on any atom is -0.339 e. The lowest BCUT2D eigenvalue weighted by Gasteiger charge is -2.31. The first-order valence-electron chi connectivity index (χ1n) is 10.7. The van der Waals surface area contributed by atoms with Crippen LogP contribution in [0.5, 0.6) is 0 Å². The number of sulfonamides is 1. The number of aryl methyl sites for hydroxylation is 1. The van der Waals surface area contributed by atoms with E-state index in [0.29, 0.717) is 46.5 Å². The van der Waals surface area contributed by atoms with E-state index >= 15 is 0 Å². The maximum absolute atomic E-state index is 13.4. The maximum Gasteiger partial charge on any atom is 0.244 e. The number of carbonyl (C=O) groups is 1. The predicted octanol–water partition coefficient (Wildman–Crippen LogP) is 4.41. The van der Waals surface area contributed by atoms with E-state index in [1.54, 1.807) is 19.1 Å². The van der Waals surface area contributed by atoms with Gasteiger partial charge in [0, 0.05) is 29.6 Å². The summed E-state index contributed by atoms with van der Waals surface area (Å²) in [7, 11) is -3.82. The summed E-state index contributed by atoms with van der Waals surface area (Å²) in [4.78, 5) is 18.5. The Morgan fingerprint density at radius 2 is 2.12 bits per heavy atom. The lowest BCUT2D eigenvalue weighted by molar-refractivity contribution is -0.120. The van der Waals surface area contributed by atoms with Crippen molar-refractivity contribution >= 4 is 33.0 Å². The van der Waals surface area contributed by atoms with Crippen LogP contribution in [-0.4, -0.2) is 41.9 Å². The Hall–Kier alpha value is -2.63. The molecule has 11 heteroatoms. The zero-order valence-electron chi connectivity index (χ0n) is 18.5. The molecule has 1 aliphatic rings. The largest absolute Gasteiger partial charge is 0.339 e. The summed E-state index contributed by atoms with van der Waals surface area (Å²) in [5, 5.41) is 6.66. The highest BCUT2D eigenvalue weighted by atomic mass is 32.2. The number of halogens is 1. The minimum absolute atomic E-state index is 0.0633. The summed E-state index contributed by atoms with van der Waals surface area (Å²) < 4.78 is 46.9. The fourth-order valence-corrected chi connectivity index (χ4v) is 6.74. The van der Waals surface area contributed by atoms with Gasteiger partial charge in [-0.3, -0.25) is 4.79 Å². The van der Waals surface area contributed by atoms with Crippen molar-refractivity contribution in [3.63, 3.8) is 0 Å². The molecule has 1 aliphatic heterocycles. The molecule has 0 spiro atoms. The van der Waals surface area contributed by atoms with E-state index in [0.717, 1.165) is 0 Å². The lowest BCUT2D eigenvalue weighted by atomic mass is 9.99. The number of aromatic nitrogens is 2. The number of thiophene rings is 1. The Morgan fingerprint density at radius 1 is 1.33 bits per heavy atom. The summed E-state index contributed by atoms with van der Waals surface area (Å²) in [6, 6.07) is 7.19. The molecule has 1 fully saturated rings. The second kappa shape index (κ2) is 9.32. The molecule has 1 atom stereocenters. The minimum atomic E-state index is -3.82. The molecule has 0 radical (unpaired) electrons. The van der Waals surface area contributed by atoms with Crippen molar-refractivity contribution in [2.45, 2.75) is 44.4 Å². The van der Waals surface area contributed by atoms with Crippen molar-refractivity contribution in [1.82, 2.24) is 14.4 Å². The van der Waals surface area contributed by atoms with Gasteiger partial charge in [-0.05, 0) is 44.0 Å². The molecule has 0 aliphatic carbocycles. The van der Waals surface area contributed by atoms with Gasteiger partial charge in [-0.15, -0.1) is 11.3 Å². The number of nitrogens with zero attached hydrogens (tertiary/aromatic N) is 3. The molecule has 1 aromatic carbocycles. The van der Waals surface area contributed by atoms with Crippen molar-refractivity contribution in [3.8, 4) is 10.7 Å². The van der Waals surface area contributed by atoms with Crippen molar-refractivity contribution in [3.05, 3.63) is 46.9 Å². The molecule has 1 amide bonds. The summed E-state index contributed by atoms with van der Waals surface area (Å²) in [6.45, 7) is 6.00. The van der Waals surface area contributed by atoms with Gasteiger partial charge in [-0.25, -0.2) is 12.8 Å². The topological polar surface area (TPSA) is 105 Å². The van der Waals surface area contributed by atoms with E-state index in [9.17, 15) is 17.6 Å². The summed E-state index contributed by atoms with van der Waals surface area (Å²) in [5.74, 6) is -0.383. The van der Waals surface area contributed by atoms with Crippen molar-refractivity contribution in [2.75, 3.05) is 18.4 Å². The number of hydrogen-bond donors (Lipinski definition) is 1. The molecule has 2 aromatic heterocycles. The van der Waals surface area contributed by atoms with Gasteiger partial charge in [0.05, 0.1) is 15.7 Å². The molecule has 0 bridgehead atoms. The Labute approximate surface area is 195 Å². The van der Waals surface area contributed by atoms with E-state index in [-0.39, 0.29) is 23.3 Å². The van der Waals surface area contributed by atoms with Crippen molar-refractivity contribution < 1.29 is 22.1 Å². The van der Waals surface area contributed by atoms with Gasteiger partial charge in [0.2, 0.25) is 27.6 Å². The highest BCUT2D eigenvalue weighted by Gasteiger charge is 2.35. The normalized spacial score (nSPS) is 17.4. The van der Waals surface area contributed by atoms with Gasteiger partial charge in [-0.1, -0.05) is 25.1 Å². The van der Waals surface area contributed by atoms with Crippen LogP contribution < -0.4 is 5.32 Å². The van der Waals surface area contributed by atoms with Gasteiger partial charge in [0.15, 0.2) is 0 Å². The molecule has 176 valence electrons. The summed E-state index contributed by atoms with van der Waals surface area (Å²) in [5.41, 5.74) is 0.346. The number of carbonyl (C=O) groups excluding carboxylic acids is 1. The van der Waals surface area contributed by atoms with Crippen LogP contribution in [0.15, 0.2) is 39.8 Å². The first-order valence-corrected chi connectivity index (χ1v) is 12.9. The van der Waals surface area contributed by atoms with Gasteiger partial charge in [-0.2, -0.15) is 9.29 Å². The smallest absolute Gasteiger partial charge is 0.244 e. The molecule has 1 saturated heterocycles. The SMILES string of the molecule is Cc1sc(-c2noc(C(C)C)n2)cc1S(=O)(=O)N1CCCC(C(=O)Nc2cccc(F)c2)C1. The first-order chi connectivity index (χ1) is 15.6. The average molecular weight is 493 g/mol. The molecular weight excluding hydrogens is 467 g/mol. The number of amides is 1. The van der Waals surface area contributed by atoms with Crippen LogP contribution in [0.2, 0.25) is 0 Å². The zero-order valence-corrected chi connectivity index (χ0v) is 20.2. The second-order valence-electron chi connectivity index (χ2n) is 8.34. The van der Waals surface area contributed by atoms with Gasteiger partial charge in [0.25, 0.3) is 0 Å². The van der Waals surface area contributed by atoms with Crippen LogP contribution in [-0.2, 0) is 14.8 Å². The zero-order chi connectivity index (χ0) is 23.8. The number of rotatable bonds is 6. The number of piperidine rings is 1. The van der Waals surface area contributed by atoms with Crippen LogP contribution in [0.25, 0.3) is 10.7 Å². The second-order valence-corrected chi connectivity index (χ2v) is 11.5. The van der Waals surface area contributed by atoms with Crippen LogP contribution >= 0.6 is 11.3 Å². The molecule has 3 aromatic rings. The quantitative estimate of drug-likeness (QED) is 0.547. The Bertz CT molecular complexity index is 1270. The molecule has 1 N–H and O–H groups in total. The average Bonchev–Trinajstić information content (AvgIpc) is 3.41. The Kier molecular flexibility index (Phi) is 6.64. The van der Waals surface area contributed by atoms with Crippen LogP contribution in [0.3, 0.4) is 0 Å². The summed E-state index contributed by atoms with van der Waals surface area (Å²) in [6.07, 6.45) is 1.11. The van der Waals surface area contributed by atoms with Crippen LogP contribution in [0.4, 0.5) is 10.1 Å². The highest BCUT2D eigenvalue weighted by molar-refractivity contribution is 7.89. The monoisotopic (exact) mass is 492 g/mol. The van der Waals surface area contributed by atoms with Gasteiger partial charge in [0.1, 0.15) is 5.82 Å². The molecule has 0 saturated carbocycles. The first kappa shape index (κ1) is 23.5. The van der Waals surface area contributed by atoms with E-state index in [2.05, 4.69) is 15.5 Å². The van der Waals surface area contributed by atoms with E-state index in [1.165, 1.54) is 33.8 Å². The third kappa shape index (κ3) is 4.99. The van der Waals surface area contributed by atoms with E-state index < -0.39 is 21.8 Å². The van der Waals surface area contributed by atoms with Crippen LogP contribution in [0.1, 0.15) is 43.4 Å². The molecule has 33 heavy (non-hydrogen) atoms. The lowest BCUT2D eigenvalue weighted by Crippen LogP contribution is -2.43. The molecular formula is C22H25FN4O4S2. The molecule has 8 nitrogen and oxygen atoms in total. The third-order valence-corrected chi connectivity index (χ3v) is 8.66. The molecule has 4 rings (SSSR count). The number of hydrogen-bond acceptors (Lipinski definition) is 7. The molecule has 3 heterocycles. The number of benzene rings is 1. The summed E-state index contributed by atoms with van der Waals surface area (Å²) >= 11 is 1.29. The predicted molar refractivity (Wildman–Crippen MR) is 123 cm³/mol. The van der Waals surface area contributed by atoms with Crippen LogP contribution in [0, 0.1) is 18.7 Å². The number of anilines is 1. The fourth-order valence-electron chi connectivity index (χ4n) is 3.73. The standard InChI is InChI=1S/C22H25FN4O4S2/c1-13(2)22-25-20(26-31-22)18-11-19(14(3)32-18)33(29,30)27-9-5-6-15(12-27)21(28)24-17-8-4-7-16(23)10-17/h4,7-8,10-11,13,15H,5-6,9,12H2,1-3H3,(H,24,28). The van der Waals surface area contributed by atoms with E-state index in [1.807, 2.05) is 13.8 Å². The highest BCUT2D eigenvalue weighted by Crippen LogP contribution is 2.35. The van der Waals surface area contributed by atoms with E-state index in [4.69, 9.17) is 4.52 Å². The third-order valence-electron chi connectivity index (χ3n) is 5.49. The van der Waals surface area contributed by atoms with Crippen molar-refractivity contribution in [2.24, 2.45) is 5.92 Å². The number of nitrogens with one attached hydrogen (secondary N) is 1. The molecule has 1 unspecified atom stereocenters. The Balaban J connectivity index is 1.52. The fraction of sp³-hybridized carbons (Fsp3) is 0.409. The van der Waals surface area contributed by atoms with Gasteiger partial charge >= 0.3 is 0 Å². The van der Waals surface area contributed by atoms with Gasteiger partial charge < -0.3 is 9.84 Å². The maximum atomic E-state index is 13.4. The Morgan fingerprint density at radius 3 is 2.82 bits per heavy atom.